The van der Waals surface area contributed by atoms with Gasteiger partial charge in [-0.15, -0.1) is 11.8 Å². The Bertz CT molecular complexity index is 617. The molecule has 0 unspecified atom stereocenters. The van der Waals surface area contributed by atoms with Gasteiger partial charge in [-0.1, -0.05) is 23.8 Å². The van der Waals surface area contributed by atoms with Crippen molar-refractivity contribution in [2.45, 2.75) is 24.5 Å². The summed E-state index contributed by atoms with van der Waals surface area (Å²) in [5.74, 6) is 0.133. The second kappa shape index (κ2) is 6.44. The molecule has 20 heavy (non-hydrogen) atoms. The summed E-state index contributed by atoms with van der Waals surface area (Å²) in [7, 11) is -1.64. The van der Waals surface area contributed by atoms with Crippen molar-refractivity contribution in [3.05, 3.63) is 58.9 Å². The van der Waals surface area contributed by atoms with Crippen molar-refractivity contribution in [1.29, 1.82) is 0 Å². The van der Waals surface area contributed by atoms with Crippen LogP contribution in [0.5, 0.6) is 0 Å². The molecule has 0 spiro atoms. The quantitative estimate of drug-likeness (QED) is 0.671. The van der Waals surface area contributed by atoms with Crippen LogP contribution in [0.2, 0.25) is 0 Å². The fourth-order valence-corrected chi connectivity index (χ4v) is 2.97. The summed E-state index contributed by atoms with van der Waals surface area (Å²) in [5.41, 5.74) is 3.32. The van der Waals surface area contributed by atoms with Crippen LogP contribution in [0.25, 0.3) is 0 Å². The van der Waals surface area contributed by atoms with E-state index in [9.17, 15) is 4.39 Å². The van der Waals surface area contributed by atoms with Gasteiger partial charge in [-0.25, -0.2) is 4.39 Å². The minimum absolute atomic E-state index is 0.182. The third-order valence-electron chi connectivity index (χ3n) is 3.00. The molecule has 0 saturated carbocycles. The van der Waals surface area contributed by atoms with E-state index in [1.807, 2.05) is 19.9 Å². The molecule has 0 aliphatic rings. The van der Waals surface area contributed by atoms with Gasteiger partial charge in [0.1, 0.15) is 5.82 Å². The van der Waals surface area contributed by atoms with Crippen molar-refractivity contribution < 1.29 is 14.4 Å². The average molecular weight is 290 g/mol. The average Bonchev–Trinajstić information content (AvgIpc) is 2.37. The Morgan fingerprint density at radius 2 is 1.85 bits per heavy atom. The number of rotatable bonds is 4. The van der Waals surface area contributed by atoms with Gasteiger partial charge >= 0.3 is 7.12 Å². The second-order valence-corrected chi connectivity index (χ2v) is 5.84. The third-order valence-corrected chi connectivity index (χ3v) is 4.25. The van der Waals surface area contributed by atoms with E-state index >= 15 is 0 Å². The molecule has 0 aliphatic heterocycles. The van der Waals surface area contributed by atoms with Crippen LogP contribution in [0.1, 0.15) is 16.7 Å². The predicted molar refractivity (Wildman–Crippen MR) is 81.7 cm³/mol. The summed E-state index contributed by atoms with van der Waals surface area (Å²) in [6.45, 7) is 4.09. The lowest BCUT2D eigenvalue weighted by Gasteiger charge is -2.08. The zero-order valence-corrected chi connectivity index (χ0v) is 12.2. The topological polar surface area (TPSA) is 40.5 Å². The smallest absolute Gasteiger partial charge is 0.423 e. The van der Waals surface area contributed by atoms with E-state index in [4.69, 9.17) is 10.0 Å². The number of benzene rings is 2. The first kappa shape index (κ1) is 15.1. The summed E-state index contributed by atoms with van der Waals surface area (Å²) in [5, 5.41) is 18.2. The summed E-state index contributed by atoms with van der Waals surface area (Å²) < 4.78 is 13.4. The molecular formula is C15H16BFO2S. The molecule has 2 N–H and O–H groups in total. The van der Waals surface area contributed by atoms with E-state index in [1.165, 1.54) is 17.2 Å². The minimum atomic E-state index is -1.64. The molecule has 2 aromatic carbocycles. The Morgan fingerprint density at radius 3 is 2.50 bits per heavy atom. The van der Waals surface area contributed by atoms with E-state index < -0.39 is 12.9 Å². The first-order valence-corrected chi connectivity index (χ1v) is 7.30. The molecule has 2 aromatic rings. The van der Waals surface area contributed by atoms with Crippen LogP contribution in [0.15, 0.2) is 41.3 Å². The van der Waals surface area contributed by atoms with Crippen LogP contribution >= 0.6 is 11.8 Å². The molecule has 0 bridgehead atoms. The van der Waals surface area contributed by atoms with Gasteiger partial charge in [0, 0.05) is 10.6 Å². The largest absolute Gasteiger partial charge is 0.488 e. The minimum Gasteiger partial charge on any atom is -0.423 e. The lowest BCUT2D eigenvalue weighted by molar-refractivity contribution is 0.425. The monoisotopic (exact) mass is 290 g/mol. The van der Waals surface area contributed by atoms with Crippen LogP contribution in [0.4, 0.5) is 4.39 Å². The summed E-state index contributed by atoms with van der Waals surface area (Å²) in [4.78, 5) is 1.14. The number of hydrogen-bond acceptors (Lipinski definition) is 3. The van der Waals surface area contributed by atoms with Crippen LogP contribution in [0.3, 0.4) is 0 Å². The second-order valence-electron chi connectivity index (χ2n) is 4.82. The van der Waals surface area contributed by atoms with Crippen LogP contribution < -0.4 is 5.46 Å². The molecule has 0 atom stereocenters. The predicted octanol–water partition coefficient (Wildman–Crippen LogP) is 2.41. The van der Waals surface area contributed by atoms with Crippen molar-refractivity contribution in [2.24, 2.45) is 0 Å². The summed E-state index contributed by atoms with van der Waals surface area (Å²) in [6, 6.07) is 10.4. The van der Waals surface area contributed by atoms with E-state index in [1.54, 1.807) is 17.8 Å². The van der Waals surface area contributed by atoms with Crippen LogP contribution in [0, 0.1) is 19.7 Å². The zero-order chi connectivity index (χ0) is 14.7. The van der Waals surface area contributed by atoms with Gasteiger partial charge < -0.3 is 10.0 Å². The van der Waals surface area contributed by atoms with Gasteiger partial charge in [-0.3, -0.25) is 0 Å². The van der Waals surface area contributed by atoms with E-state index in [-0.39, 0.29) is 5.46 Å². The molecule has 2 nitrogen and oxygen atoms in total. The van der Waals surface area contributed by atoms with Crippen molar-refractivity contribution in [1.82, 2.24) is 0 Å². The summed E-state index contributed by atoms with van der Waals surface area (Å²) in [6.07, 6.45) is 0. The first-order valence-electron chi connectivity index (χ1n) is 6.31. The Kier molecular flexibility index (Phi) is 4.86. The van der Waals surface area contributed by atoms with Gasteiger partial charge in [0.25, 0.3) is 0 Å². The normalized spacial score (nSPS) is 10.7. The highest BCUT2D eigenvalue weighted by atomic mass is 32.2. The van der Waals surface area contributed by atoms with Gasteiger partial charge in [0.15, 0.2) is 0 Å². The maximum absolute atomic E-state index is 13.4. The molecule has 0 amide bonds. The molecular weight excluding hydrogens is 274 g/mol. The fraction of sp³-hybridized carbons (Fsp3) is 0.200. The van der Waals surface area contributed by atoms with E-state index in [0.717, 1.165) is 16.5 Å². The maximum atomic E-state index is 13.4. The number of aryl methyl sites for hydroxylation is 2. The first-order chi connectivity index (χ1) is 9.45. The van der Waals surface area contributed by atoms with Crippen molar-refractivity contribution in [2.75, 3.05) is 0 Å². The molecule has 0 saturated heterocycles. The summed E-state index contributed by atoms with van der Waals surface area (Å²) >= 11 is 1.61. The van der Waals surface area contributed by atoms with Crippen molar-refractivity contribution >= 4 is 24.3 Å². The lowest BCUT2D eigenvalue weighted by atomic mass is 9.79. The van der Waals surface area contributed by atoms with Crippen LogP contribution in [-0.4, -0.2) is 17.2 Å². The lowest BCUT2D eigenvalue weighted by Crippen LogP contribution is -2.30. The molecule has 0 heterocycles. The van der Waals surface area contributed by atoms with Crippen LogP contribution in [-0.2, 0) is 5.75 Å². The zero-order valence-electron chi connectivity index (χ0n) is 11.4. The Morgan fingerprint density at radius 1 is 1.10 bits per heavy atom. The molecule has 0 aliphatic carbocycles. The highest BCUT2D eigenvalue weighted by Crippen LogP contribution is 2.26. The SMILES string of the molecule is Cc1ccc(SCc2cc(F)cc(B(O)O)c2)c(C)c1. The Labute approximate surface area is 122 Å². The highest BCUT2D eigenvalue weighted by Gasteiger charge is 2.13. The third kappa shape index (κ3) is 3.85. The number of hydrogen-bond donors (Lipinski definition) is 2. The Balaban J connectivity index is 2.14. The number of thioether (sulfide) groups is 1. The standard InChI is InChI=1S/C15H16BFO2S/c1-10-3-4-15(11(2)5-10)20-9-12-6-13(16(18)19)8-14(17)7-12/h3-8,18-19H,9H2,1-2H3. The molecule has 0 radical (unpaired) electrons. The molecule has 0 aromatic heterocycles. The molecule has 0 fully saturated rings. The van der Waals surface area contributed by atoms with Gasteiger partial charge in [0.2, 0.25) is 0 Å². The van der Waals surface area contributed by atoms with E-state index in [0.29, 0.717) is 5.75 Å². The van der Waals surface area contributed by atoms with Gasteiger partial charge in [-0.2, -0.15) is 0 Å². The van der Waals surface area contributed by atoms with Crippen molar-refractivity contribution in [3.8, 4) is 0 Å². The highest BCUT2D eigenvalue weighted by molar-refractivity contribution is 7.98. The maximum Gasteiger partial charge on any atom is 0.488 e. The van der Waals surface area contributed by atoms with E-state index in [2.05, 4.69) is 12.1 Å². The Hall–Kier alpha value is -1.30. The van der Waals surface area contributed by atoms with Gasteiger partial charge in [-0.05, 0) is 48.6 Å². The molecule has 104 valence electrons. The fourth-order valence-electron chi connectivity index (χ4n) is 2.03. The van der Waals surface area contributed by atoms with Crippen molar-refractivity contribution in [3.63, 3.8) is 0 Å². The van der Waals surface area contributed by atoms with Gasteiger partial charge in [0.05, 0.1) is 0 Å². The molecule has 2 rings (SSSR count). The molecule has 5 heteroatoms. The number of halogens is 1.